The minimum Gasteiger partial charge on any atom is -0.378 e. The van der Waals surface area contributed by atoms with Crippen LogP contribution in [0.5, 0.6) is 0 Å². The number of amides is 1. The molecule has 1 aliphatic rings. The lowest BCUT2D eigenvalue weighted by Gasteiger charge is -2.28. The number of carbonyl (C=O) groups is 1. The number of nitrogens with one attached hydrogen (secondary N) is 1. The van der Waals surface area contributed by atoms with Gasteiger partial charge in [-0.05, 0) is 31.2 Å². The summed E-state index contributed by atoms with van der Waals surface area (Å²) < 4.78 is 33.7. The first-order valence-corrected chi connectivity index (χ1v) is 11.0. The Morgan fingerprint density at radius 3 is 2.45 bits per heavy atom. The number of anilines is 2. The number of morpholine rings is 1. The highest BCUT2D eigenvalue weighted by Crippen LogP contribution is 2.19. The Hall–Kier alpha value is -2.43. The number of nitrogens with zero attached hydrogens (tertiary/aromatic N) is 4. The summed E-state index contributed by atoms with van der Waals surface area (Å²) in [6.45, 7) is 6.39. The molecule has 158 valence electrons. The first kappa shape index (κ1) is 21.3. The molecule has 1 N–H and O–H groups in total. The molecule has 1 aliphatic heterocycles. The molecule has 0 atom stereocenters. The van der Waals surface area contributed by atoms with Crippen molar-refractivity contribution < 1.29 is 17.9 Å². The van der Waals surface area contributed by atoms with E-state index in [2.05, 4.69) is 15.2 Å². The lowest BCUT2D eigenvalue weighted by Crippen LogP contribution is -2.38. The van der Waals surface area contributed by atoms with E-state index in [1.807, 2.05) is 24.3 Å². The molecule has 0 aliphatic carbocycles. The normalized spacial score (nSPS) is 15.0. The maximum atomic E-state index is 12.8. The number of aromatic nitrogens is 2. The standard InChI is InChI=1S/C19H27N5O4S/c1-4-24(29(26,27)19-14-22(3)15(2)20-19)13-18(25)21-16-5-7-17(8-6-16)23-9-11-28-12-10-23/h5-8,14H,4,9-13H2,1-3H3,(H,21,25). The van der Waals surface area contributed by atoms with Gasteiger partial charge < -0.3 is 19.5 Å². The summed E-state index contributed by atoms with van der Waals surface area (Å²) in [6.07, 6.45) is 1.45. The molecule has 10 heteroatoms. The molecular formula is C19H27N5O4S. The first-order valence-electron chi connectivity index (χ1n) is 9.54. The van der Waals surface area contributed by atoms with E-state index in [1.54, 1.807) is 25.5 Å². The number of sulfonamides is 1. The fourth-order valence-corrected chi connectivity index (χ4v) is 4.52. The predicted molar refractivity (Wildman–Crippen MR) is 110 cm³/mol. The summed E-state index contributed by atoms with van der Waals surface area (Å²) in [7, 11) is -2.11. The second kappa shape index (κ2) is 8.93. The smallest absolute Gasteiger partial charge is 0.262 e. The molecule has 1 amide bonds. The average molecular weight is 422 g/mol. The molecule has 1 fully saturated rings. The molecule has 2 heterocycles. The van der Waals surface area contributed by atoms with Gasteiger partial charge in [-0.1, -0.05) is 6.92 Å². The number of rotatable bonds is 7. The van der Waals surface area contributed by atoms with Crippen LogP contribution in [0.15, 0.2) is 35.5 Å². The number of aryl methyl sites for hydroxylation is 2. The molecular weight excluding hydrogens is 394 g/mol. The topological polar surface area (TPSA) is 96.8 Å². The summed E-state index contributed by atoms with van der Waals surface area (Å²) in [4.78, 5) is 18.8. The van der Waals surface area contributed by atoms with E-state index < -0.39 is 15.9 Å². The predicted octanol–water partition coefficient (Wildman–Crippen LogP) is 1.21. The van der Waals surface area contributed by atoms with E-state index in [1.165, 1.54) is 6.20 Å². The van der Waals surface area contributed by atoms with Gasteiger partial charge in [0.25, 0.3) is 10.0 Å². The van der Waals surface area contributed by atoms with Crippen molar-refractivity contribution in [1.82, 2.24) is 13.9 Å². The molecule has 2 aromatic rings. The van der Waals surface area contributed by atoms with Crippen molar-refractivity contribution in [2.24, 2.45) is 7.05 Å². The van der Waals surface area contributed by atoms with E-state index in [0.29, 0.717) is 24.7 Å². The third-order valence-electron chi connectivity index (χ3n) is 4.89. The van der Waals surface area contributed by atoms with E-state index in [4.69, 9.17) is 4.74 Å². The molecule has 0 saturated carbocycles. The zero-order valence-corrected chi connectivity index (χ0v) is 17.8. The van der Waals surface area contributed by atoms with E-state index in [0.717, 1.165) is 23.1 Å². The fraction of sp³-hybridized carbons (Fsp3) is 0.474. The number of hydrogen-bond donors (Lipinski definition) is 1. The lowest BCUT2D eigenvalue weighted by atomic mass is 10.2. The Kier molecular flexibility index (Phi) is 6.56. The van der Waals surface area contributed by atoms with Crippen molar-refractivity contribution in [3.05, 3.63) is 36.3 Å². The third-order valence-corrected chi connectivity index (χ3v) is 6.68. The summed E-state index contributed by atoms with van der Waals surface area (Å²) in [5.74, 6) is 0.187. The van der Waals surface area contributed by atoms with E-state index in [9.17, 15) is 13.2 Å². The van der Waals surface area contributed by atoms with Gasteiger partial charge in [-0.3, -0.25) is 4.79 Å². The summed E-state index contributed by atoms with van der Waals surface area (Å²) >= 11 is 0. The Morgan fingerprint density at radius 2 is 1.90 bits per heavy atom. The molecule has 0 radical (unpaired) electrons. The van der Waals surface area contributed by atoms with Crippen LogP contribution in [0.1, 0.15) is 12.7 Å². The van der Waals surface area contributed by atoms with Crippen molar-refractivity contribution >= 4 is 27.3 Å². The molecule has 0 bridgehead atoms. The average Bonchev–Trinajstić information content (AvgIpc) is 3.06. The second-order valence-electron chi connectivity index (χ2n) is 6.86. The zero-order valence-electron chi connectivity index (χ0n) is 17.0. The number of benzene rings is 1. The number of ether oxygens (including phenoxy) is 1. The highest BCUT2D eigenvalue weighted by molar-refractivity contribution is 7.89. The summed E-state index contributed by atoms with van der Waals surface area (Å²) in [5, 5.41) is 2.71. The van der Waals surface area contributed by atoms with Gasteiger partial charge in [-0.15, -0.1) is 0 Å². The first-order chi connectivity index (χ1) is 13.8. The van der Waals surface area contributed by atoms with Gasteiger partial charge in [0.15, 0.2) is 5.03 Å². The van der Waals surface area contributed by atoms with Gasteiger partial charge in [0.05, 0.1) is 19.8 Å². The molecule has 3 rings (SSSR count). The molecule has 1 aromatic carbocycles. The molecule has 1 saturated heterocycles. The highest BCUT2D eigenvalue weighted by atomic mass is 32.2. The SMILES string of the molecule is CCN(CC(=O)Nc1ccc(N2CCOCC2)cc1)S(=O)(=O)c1cn(C)c(C)n1. The minimum atomic E-state index is -3.84. The van der Waals surface area contributed by atoms with Crippen LogP contribution in [0.3, 0.4) is 0 Å². The van der Waals surface area contributed by atoms with Crippen molar-refractivity contribution in [2.45, 2.75) is 18.9 Å². The van der Waals surface area contributed by atoms with Gasteiger partial charge in [0, 0.05) is 44.3 Å². The van der Waals surface area contributed by atoms with Crippen LogP contribution in [0, 0.1) is 6.92 Å². The quantitative estimate of drug-likeness (QED) is 0.722. The molecule has 9 nitrogen and oxygen atoms in total. The number of likely N-dealkylation sites (N-methyl/N-ethyl adjacent to an activating group) is 1. The largest absolute Gasteiger partial charge is 0.378 e. The summed E-state index contributed by atoms with van der Waals surface area (Å²) in [6, 6.07) is 7.50. The Bertz CT molecular complexity index is 930. The highest BCUT2D eigenvalue weighted by Gasteiger charge is 2.28. The van der Waals surface area contributed by atoms with Crippen molar-refractivity contribution in [3.8, 4) is 0 Å². The maximum Gasteiger partial charge on any atom is 0.262 e. The molecule has 0 unspecified atom stereocenters. The van der Waals surface area contributed by atoms with Crippen LogP contribution in [0.4, 0.5) is 11.4 Å². The Balaban J connectivity index is 1.64. The van der Waals surface area contributed by atoms with Crippen LogP contribution >= 0.6 is 0 Å². The van der Waals surface area contributed by atoms with Crippen LogP contribution in [0.2, 0.25) is 0 Å². The number of imidazole rings is 1. The maximum absolute atomic E-state index is 12.8. The monoisotopic (exact) mass is 421 g/mol. The van der Waals surface area contributed by atoms with Crippen LogP contribution in [-0.4, -0.2) is 67.6 Å². The van der Waals surface area contributed by atoms with Crippen LogP contribution < -0.4 is 10.2 Å². The molecule has 0 spiro atoms. The molecule has 1 aromatic heterocycles. The van der Waals surface area contributed by atoms with E-state index in [-0.39, 0.29) is 18.1 Å². The van der Waals surface area contributed by atoms with E-state index >= 15 is 0 Å². The van der Waals surface area contributed by atoms with Gasteiger partial charge in [0.1, 0.15) is 5.82 Å². The third kappa shape index (κ3) is 4.95. The van der Waals surface area contributed by atoms with Crippen LogP contribution in [0.25, 0.3) is 0 Å². The van der Waals surface area contributed by atoms with Crippen LogP contribution in [-0.2, 0) is 26.6 Å². The number of carbonyl (C=O) groups excluding carboxylic acids is 1. The minimum absolute atomic E-state index is 0.0537. The zero-order chi connectivity index (χ0) is 21.0. The van der Waals surface area contributed by atoms with Crippen molar-refractivity contribution in [2.75, 3.05) is 49.6 Å². The van der Waals surface area contributed by atoms with Crippen molar-refractivity contribution in [1.29, 1.82) is 0 Å². The fourth-order valence-electron chi connectivity index (χ4n) is 3.09. The number of hydrogen-bond acceptors (Lipinski definition) is 6. The lowest BCUT2D eigenvalue weighted by molar-refractivity contribution is -0.116. The van der Waals surface area contributed by atoms with Gasteiger partial charge in [-0.2, -0.15) is 4.31 Å². The van der Waals surface area contributed by atoms with Gasteiger partial charge >= 0.3 is 0 Å². The molecule has 29 heavy (non-hydrogen) atoms. The van der Waals surface area contributed by atoms with Gasteiger partial charge in [-0.25, -0.2) is 13.4 Å². The summed E-state index contributed by atoms with van der Waals surface area (Å²) in [5.41, 5.74) is 1.68. The second-order valence-corrected chi connectivity index (χ2v) is 8.75. The van der Waals surface area contributed by atoms with Gasteiger partial charge in [0.2, 0.25) is 5.91 Å². The van der Waals surface area contributed by atoms with Crippen molar-refractivity contribution in [3.63, 3.8) is 0 Å². The Morgan fingerprint density at radius 1 is 1.24 bits per heavy atom. The Labute approximate surface area is 171 Å².